The molecule has 5 nitrogen and oxygen atoms in total. The van der Waals surface area contributed by atoms with Gasteiger partial charge in [0.1, 0.15) is 4.88 Å². The summed E-state index contributed by atoms with van der Waals surface area (Å²) in [4.78, 5) is 14.4. The second-order valence-electron chi connectivity index (χ2n) is 2.31. The van der Waals surface area contributed by atoms with Gasteiger partial charge in [0.2, 0.25) is 0 Å². The summed E-state index contributed by atoms with van der Waals surface area (Å²) in [6.07, 6.45) is 0. The lowest BCUT2D eigenvalue weighted by Gasteiger charge is -2.00. The summed E-state index contributed by atoms with van der Waals surface area (Å²) in [7, 11) is 0. The van der Waals surface area contributed by atoms with Crippen LogP contribution in [-0.4, -0.2) is 19.0 Å². The molecule has 7 heteroatoms. The Hall–Kier alpha value is -1.23. The van der Waals surface area contributed by atoms with Crippen molar-refractivity contribution in [3.8, 4) is 0 Å². The number of carbonyl (C=O) groups is 1. The number of thiophene rings is 1. The van der Waals surface area contributed by atoms with Gasteiger partial charge in [0, 0.05) is 18.0 Å². The van der Waals surface area contributed by atoms with Gasteiger partial charge in [0.25, 0.3) is 5.91 Å². The van der Waals surface area contributed by atoms with Crippen molar-refractivity contribution in [1.82, 2.24) is 5.32 Å². The zero-order valence-electron chi connectivity index (χ0n) is 7.11. The van der Waals surface area contributed by atoms with Gasteiger partial charge in [-0.3, -0.25) is 4.79 Å². The molecule has 1 aromatic heterocycles. The summed E-state index contributed by atoms with van der Waals surface area (Å²) in [6.45, 7) is 0.558. The van der Waals surface area contributed by atoms with E-state index in [-0.39, 0.29) is 12.5 Å². The number of nitrogens with one attached hydrogen (secondary N) is 1. The van der Waals surface area contributed by atoms with Crippen LogP contribution in [0.3, 0.4) is 0 Å². The molecule has 0 saturated heterocycles. The lowest BCUT2D eigenvalue weighted by atomic mass is 10.4. The summed E-state index contributed by atoms with van der Waals surface area (Å²) in [6, 6.07) is 1.66. The van der Waals surface area contributed by atoms with Gasteiger partial charge >= 0.3 is 0 Å². The first-order chi connectivity index (χ1) is 6.75. The van der Waals surface area contributed by atoms with Gasteiger partial charge in [-0.25, -0.2) is 0 Å². The van der Waals surface area contributed by atoms with Gasteiger partial charge in [0.15, 0.2) is 0 Å². The Labute approximate surface area is 89.3 Å². The second kappa shape index (κ2) is 5.49. The Morgan fingerprint density at radius 1 is 1.79 bits per heavy atom. The molecule has 0 aliphatic heterocycles. The second-order valence-corrected chi connectivity index (χ2v) is 3.63. The summed E-state index contributed by atoms with van der Waals surface area (Å²) in [5.74, 6) is -0.238. The Kier molecular flexibility index (Phi) is 4.25. The normalized spacial score (nSPS) is 9.21. The fourth-order valence-corrected chi connectivity index (χ4v) is 1.86. The van der Waals surface area contributed by atoms with Crippen molar-refractivity contribution < 1.29 is 4.79 Å². The molecular weight excluding hydrogens is 224 g/mol. The van der Waals surface area contributed by atoms with E-state index in [0.29, 0.717) is 16.4 Å². The van der Waals surface area contributed by atoms with Crippen LogP contribution >= 0.6 is 22.9 Å². The Morgan fingerprint density at radius 2 is 2.57 bits per heavy atom. The Morgan fingerprint density at radius 3 is 3.14 bits per heavy atom. The van der Waals surface area contributed by atoms with E-state index in [0.717, 1.165) is 0 Å². The molecule has 1 heterocycles. The molecule has 1 N–H and O–H groups in total. The standard InChI is InChI=1S/C7H7ClN4OS/c8-5-1-4-14-6(5)7(13)10-2-3-11-12-9/h1,4H,2-3H2,(H,10,13). The van der Waals surface area contributed by atoms with Crippen molar-refractivity contribution in [2.45, 2.75) is 0 Å². The van der Waals surface area contributed by atoms with Crippen molar-refractivity contribution >= 4 is 28.8 Å². The molecule has 1 aromatic rings. The Balaban J connectivity index is 2.43. The van der Waals surface area contributed by atoms with E-state index in [1.54, 1.807) is 11.4 Å². The molecule has 14 heavy (non-hydrogen) atoms. The van der Waals surface area contributed by atoms with Crippen molar-refractivity contribution in [2.24, 2.45) is 5.11 Å². The van der Waals surface area contributed by atoms with Crippen molar-refractivity contribution in [3.63, 3.8) is 0 Å². The van der Waals surface area contributed by atoms with Crippen LogP contribution in [0.15, 0.2) is 16.6 Å². The van der Waals surface area contributed by atoms with Crippen LogP contribution in [0.2, 0.25) is 5.02 Å². The van der Waals surface area contributed by atoms with Crippen molar-refractivity contribution in [3.05, 3.63) is 31.8 Å². The largest absolute Gasteiger partial charge is 0.351 e. The highest BCUT2D eigenvalue weighted by Gasteiger charge is 2.10. The quantitative estimate of drug-likeness (QED) is 0.367. The molecular formula is C7H7ClN4OS. The molecule has 0 atom stereocenters. The third kappa shape index (κ3) is 2.92. The number of nitrogens with zero attached hydrogens (tertiary/aromatic N) is 3. The topological polar surface area (TPSA) is 77.9 Å². The zero-order valence-corrected chi connectivity index (χ0v) is 8.68. The van der Waals surface area contributed by atoms with E-state index in [9.17, 15) is 4.79 Å². The lowest BCUT2D eigenvalue weighted by Crippen LogP contribution is -2.25. The number of halogens is 1. The first-order valence-corrected chi connectivity index (χ1v) is 5.03. The molecule has 74 valence electrons. The zero-order chi connectivity index (χ0) is 10.4. The fraction of sp³-hybridized carbons (Fsp3) is 0.286. The fourth-order valence-electron chi connectivity index (χ4n) is 0.800. The molecule has 1 rings (SSSR count). The first-order valence-electron chi connectivity index (χ1n) is 3.77. The van der Waals surface area contributed by atoms with Crippen molar-refractivity contribution in [2.75, 3.05) is 13.1 Å². The van der Waals surface area contributed by atoms with Crippen LogP contribution in [0, 0.1) is 0 Å². The van der Waals surface area contributed by atoms with Gasteiger partial charge in [-0.2, -0.15) is 0 Å². The minimum Gasteiger partial charge on any atom is -0.351 e. The number of rotatable bonds is 4. The van der Waals surface area contributed by atoms with Crippen LogP contribution in [0.25, 0.3) is 10.4 Å². The molecule has 0 unspecified atom stereocenters. The predicted molar refractivity (Wildman–Crippen MR) is 55.7 cm³/mol. The summed E-state index contributed by atoms with van der Waals surface area (Å²) < 4.78 is 0. The minimum absolute atomic E-state index is 0.238. The third-order valence-corrected chi connectivity index (χ3v) is 2.72. The number of carbonyl (C=O) groups excluding carboxylic acids is 1. The van der Waals surface area contributed by atoms with Crippen LogP contribution in [0.1, 0.15) is 9.67 Å². The molecule has 0 aromatic carbocycles. The van der Waals surface area contributed by atoms with Gasteiger partial charge in [-0.05, 0) is 17.0 Å². The number of hydrogen-bond donors (Lipinski definition) is 1. The Bertz CT molecular complexity index is 372. The molecule has 1 amide bonds. The molecule has 0 bridgehead atoms. The first kappa shape index (κ1) is 10.8. The monoisotopic (exact) mass is 230 g/mol. The number of azide groups is 1. The minimum atomic E-state index is -0.238. The van der Waals surface area contributed by atoms with Crippen molar-refractivity contribution in [1.29, 1.82) is 0 Å². The van der Waals surface area contributed by atoms with Gasteiger partial charge in [-0.1, -0.05) is 16.7 Å². The molecule has 0 radical (unpaired) electrons. The summed E-state index contributed by atoms with van der Waals surface area (Å²) >= 11 is 7.02. The number of hydrogen-bond acceptors (Lipinski definition) is 3. The average molecular weight is 231 g/mol. The van der Waals surface area contributed by atoms with E-state index < -0.39 is 0 Å². The van der Waals surface area contributed by atoms with Crippen LogP contribution in [0.4, 0.5) is 0 Å². The predicted octanol–water partition coefficient (Wildman–Crippen LogP) is 2.44. The van der Waals surface area contributed by atoms with E-state index in [4.69, 9.17) is 17.1 Å². The molecule has 0 saturated carbocycles. The van der Waals surface area contributed by atoms with Crippen LogP contribution < -0.4 is 5.32 Å². The maximum Gasteiger partial charge on any atom is 0.262 e. The van der Waals surface area contributed by atoms with Gasteiger partial charge in [0.05, 0.1) is 5.02 Å². The van der Waals surface area contributed by atoms with Crippen LogP contribution in [0.5, 0.6) is 0 Å². The summed E-state index contributed by atoms with van der Waals surface area (Å²) in [5.41, 5.74) is 7.99. The highest BCUT2D eigenvalue weighted by atomic mass is 35.5. The molecule has 0 spiro atoms. The van der Waals surface area contributed by atoms with Gasteiger partial charge in [-0.15, -0.1) is 11.3 Å². The van der Waals surface area contributed by atoms with E-state index >= 15 is 0 Å². The van der Waals surface area contributed by atoms with Gasteiger partial charge < -0.3 is 5.32 Å². The summed E-state index contributed by atoms with van der Waals surface area (Å²) in [5, 5.41) is 8.05. The molecule has 0 aliphatic rings. The smallest absolute Gasteiger partial charge is 0.262 e. The highest BCUT2D eigenvalue weighted by Crippen LogP contribution is 2.21. The lowest BCUT2D eigenvalue weighted by molar-refractivity contribution is 0.0959. The van der Waals surface area contributed by atoms with E-state index in [2.05, 4.69) is 15.3 Å². The van der Waals surface area contributed by atoms with Crippen LogP contribution in [-0.2, 0) is 0 Å². The van der Waals surface area contributed by atoms with E-state index in [1.807, 2.05) is 0 Å². The number of amides is 1. The third-order valence-electron chi connectivity index (χ3n) is 1.38. The molecule has 0 aliphatic carbocycles. The van der Waals surface area contributed by atoms with E-state index in [1.165, 1.54) is 11.3 Å². The highest BCUT2D eigenvalue weighted by molar-refractivity contribution is 7.12. The maximum absolute atomic E-state index is 11.4. The average Bonchev–Trinajstić information content (AvgIpc) is 2.59. The molecule has 0 fully saturated rings. The maximum atomic E-state index is 11.4. The SMILES string of the molecule is [N-]=[N+]=NCCNC(=O)c1sccc1Cl.